The van der Waals surface area contributed by atoms with Crippen LogP contribution in [0.1, 0.15) is 31.1 Å². The summed E-state index contributed by atoms with van der Waals surface area (Å²) in [5.74, 6) is -1.56. The van der Waals surface area contributed by atoms with E-state index in [2.05, 4.69) is 69.3 Å². The third-order valence-electron chi connectivity index (χ3n) is 7.13. The first-order valence-electron chi connectivity index (χ1n) is 15.8. The summed E-state index contributed by atoms with van der Waals surface area (Å²) in [6.45, 7) is 11.5. The molecule has 0 aliphatic heterocycles. The molecular formula is C36H48O9Si. The molecule has 0 aliphatic rings. The largest absolute Gasteiger partial charge is 0.457 e. The third-order valence-corrected chi connectivity index (χ3v) is 12.2. The Bertz CT molecular complexity index is 1210. The standard InChI is InChI=1S/C36H48O9Si/c1-36(2,3)46(32-15-9-5-10-16-32,33-17-11-6-12-18-33)45-30-28-43-26-24-41-22-20-39-19-21-40-23-25-42-27-29-44-35(38)34(37)31-13-7-4-8-14-31/h4-18H,19-30H2,1-3H3. The topological polar surface area (TPSA) is 98.8 Å². The van der Waals surface area contributed by atoms with Crippen LogP contribution in [0.15, 0.2) is 91.0 Å². The van der Waals surface area contributed by atoms with Gasteiger partial charge in [-0.25, -0.2) is 4.79 Å². The van der Waals surface area contributed by atoms with Crippen LogP contribution in [-0.2, 0) is 37.6 Å². The molecule has 0 saturated heterocycles. The number of esters is 1. The van der Waals surface area contributed by atoms with E-state index in [1.165, 1.54) is 10.4 Å². The summed E-state index contributed by atoms with van der Waals surface area (Å²) in [5.41, 5.74) is 0.300. The molecule has 0 radical (unpaired) electrons. The van der Waals surface area contributed by atoms with E-state index in [0.29, 0.717) is 71.6 Å². The first-order valence-corrected chi connectivity index (χ1v) is 17.7. The Kier molecular flexibility index (Phi) is 16.8. The predicted octanol–water partition coefficient (Wildman–Crippen LogP) is 4.07. The highest BCUT2D eigenvalue weighted by Gasteiger charge is 2.50. The average molecular weight is 653 g/mol. The number of carbonyl (C=O) groups is 2. The fraction of sp³-hybridized carbons (Fsp3) is 0.444. The SMILES string of the molecule is CC(C)(C)[Si](OCCOCCOCCOCCOCCOCCOC(=O)C(=O)c1ccccc1)(c1ccccc1)c1ccccc1. The first kappa shape index (κ1) is 37.2. The lowest BCUT2D eigenvalue weighted by Gasteiger charge is -2.43. The number of ketones is 1. The Hall–Kier alpha value is -3.22. The van der Waals surface area contributed by atoms with Crippen LogP contribution < -0.4 is 10.4 Å². The lowest BCUT2D eigenvalue weighted by atomic mass is 10.1. The molecule has 0 heterocycles. The first-order chi connectivity index (χ1) is 22.4. The summed E-state index contributed by atoms with van der Waals surface area (Å²) in [7, 11) is -2.55. The van der Waals surface area contributed by atoms with Gasteiger partial charge in [-0.2, -0.15) is 0 Å². The smallest absolute Gasteiger partial charge is 0.379 e. The fourth-order valence-corrected chi connectivity index (χ4v) is 9.51. The van der Waals surface area contributed by atoms with Crippen LogP contribution >= 0.6 is 0 Å². The molecule has 9 nitrogen and oxygen atoms in total. The summed E-state index contributed by atoms with van der Waals surface area (Å²) in [4.78, 5) is 23.7. The van der Waals surface area contributed by atoms with Crippen molar-refractivity contribution in [3.8, 4) is 0 Å². The summed E-state index contributed by atoms with van der Waals surface area (Å²) >= 11 is 0. The maximum Gasteiger partial charge on any atom is 0.379 e. The molecule has 3 rings (SSSR count). The number of benzene rings is 3. The van der Waals surface area contributed by atoms with Crippen molar-refractivity contribution in [1.29, 1.82) is 0 Å². The minimum absolute atomic E-state index is 0.00129. The fourth-order valence-electron chi connectivity index (χ4n) is 4.96. The molecule has 10 heteroatoms. The van der Waals surface area contributed by atoms with Crippen molar-refractivity contribution in [3.63, 3.8) is 0 Å². The van der Waals surface area contributed by atoms with Gasteiger partial charge in [-0.3, -0.25) is 4.79 Å². The van der Waals surface area contributed by atoms with Gasteiger partial charge in [0.2, 0.25) is 0 Å². The number of hydrogen-bond donors (Lipinski definition) is 0. The summed E-state index contributed by atoms with van der Waals surface area (Å²) < 4.78 is 39.5. The van der Waals surface area contributed by atoms with E-state index in [1.807, 2.05) is 12.1 Å². The van der Waals surface area contributed by atoms with Gasteiger partial charge >= 0.3 is 5.97 Å². The molecule has 0 N–H and O–H groups in total. The van der Waals surface area contributed by atoms with Crippen LogP contribution in [0.4, 0.5) is 0 Å². The molecule has 3 aromatic rings. The van der Waals surface area contributed by atoms with Gasteiger partial charge in [0.25, 0.3) is 14.1 Å². The zero-order valence-corrected chi connectivity index (χ0v) is 28.3. The Morgan fingerprint density at radius 2 is 0.848 bits per heavy atom. The molecule has 0 aliphatic carbocycles. The molecule has 0 spiro atoms. The van der Waals surface area contributed by atoms with Crippen molar-refractivity contribution < 1.29 is 42.4 Å². The molecule has 0 fully saturated rings. The maximum atomic E-state index is 11.9. The molecule has 0 bridgehead atoms. The molecule has 0 aromatic heterocycles. The van der Waals surface area contributed by atoms with Crippen molar-refractivity contribution in [2.75, 3.05) is 79.3 Å². The van der Waals surface area contributed by atoms with E-state index in [4.69, 9.17) is 32.8 Å². The second kappa shape index (κ2) is 20.8. The van der Waals surface area contributed by atoms with E-state index in [0.717, 1.165) is 0 Å². The van der Waals surface area contributed by atoms with Gasteiger partial charge in [0.15, 0.2) is 0 Å². The Morgan fingerprint density at radius 1 is 0.500 bits per heavy atom. The lowest BCUT2D eigenvalue weighted by molar-refractivity contribution is -0.139. The van der Waals surface area contributed by atoms with Crippen LogP contribution in [0.25, 0.3) is 0 Å². The highest BCUT2D eigenvalue weighted by Crippen LogP contribution is 2.36. The number of rotatable bonds is 23. The van der Waals surface area contributed by atoms with Crippen molar-refractivity contribution >= 4 is 30.4 Å². The monoisotopic (exact) mass is 652 g/mol. The number of carbonyl (C=O) groups excluding carboxylic acids is 2. The van der Waals surface area contributed by atoms with Crippen molar-refractivity contribution in [1.82, 2.24) is 0 Å². The summed E-state index contributed by atoms with van der Waals surface area (Å²) in [6, 6.07) is 29.5. The van der Waals surface area contributed by atoms with Crippen molar-refractivity contribution in [2.24, 2.45) is 0 Å². The highest BCUT2D eigenvalue weighted by atomic mass is 28.4. The molecule has 0 atom stereocenters. The van der Waals surface area contributed by atoms with Crippen LogP contribution in [-0.4, -0.2) is 99.4 Å². The van der Waals surface area contributed by atoms with E-state index in [-0.39, 0.29) is 18.3 Å². The Morgan fingerprint density at radius 3 is 1.24 bits per heavy atom. The Balaban J connectivity index is 1.16. The molecule has 3 aromatic carbocycles. The molecule has 250 valence electrons. The summed E-state index contributed by atoms with van der Waals surface area (Å²) in [6.07, 6.45) is 0. The lowest BCUT2D eigenvalue weighted by Crippen LogP contribution is -2.66. The maximum absolute atomic E-state index is 11.9. The van der Waals surface area contributed by atoms with E-state index >= 15 is 0 Å². The second-order valence-corrected chi connectivity index (χ2v) is 15.7. The van der Waals surface area contributed by atoms with E-state index in [9.17, 15) is 9.59 Å². The molecule has 0 saturated carbocycles. The molecule has 0 amide bonds. The highest BCUT2D eigenvalue weighted by molar-refractivity contribution is 6.99. The van der Waals surface area contributed by atoms with Gasteiger partial charge in [0.05, 0.1) is 72.7 Å². The zero-order valence-electron chi connectivity index (χ0n) is 27.3. The Labute approximate surface area is 274 Å². The van der Waals surface area contributed by atoms with Crippen LogP contribution in [0.5, 0.6) is 0 Å². The number of Topliss-reactive ketones (excluding diaryl/α,β-unsaturated/α-hetero) is 1. The second-order valence-electron chi connectivity index (χ2n) is 11.4. The van der Waals surface area contributed by atoms with Gasteiger partial charge < -0.3 is 32.8 Å². The van der Waals surface area contributed by atoms with Crippen molar-refractivity contribution in [3.05, 3.63) is 96.6 Å². The summed E-state index contributed by atoms with van der Waals surface area (Å²) in [5, 5.41) is 2.44. The van der Waals surface area contributed by atoms with Gasteiger partial charge in [0.1, 0.15) is 6.61 Å². The van der Waals surface area contributed by atoms with Crippen LogP contribution in [0.2, 0.25) is 5.04 Å². The quantitative estimate of drug-likeness (QED) is 0.0494. The normalized spacial score (nSPS) is 11.8. The van der Waals surface area contributed by atoms with Crippen LogP contribution in [0.3, 0.4) is 0 Å². The minimum Gasteiger partial charge on any atom is -0.457 e. The van der Waals surface area contributed by atoms with Crippen LogP contribution in [0, 0.1) is 0 Å². The predicted molar refractivity (Wildman–Crippen MR) is 179 cm³/mol. The van der Waals surface area contributed by atoms with E-state index < -0.39 is 20.1 Å². The van der Waals surface area contributed by atoms with Gasteiger partial charge in [-0.1, -0.05) is 112 Å². The molecule has 46 heavy (non-hydrogen) atoms. The van der Waals surface area contributed by atoms with Gasteiger partial charge in [-0.05, 0) is 15.4 Å². The number of ether oxygens (including phenoxy) is 6. The molecule has 0 unspecified atom stereocenters. The van der Waals surface area contributed by atoms with Crippen molar-refractivity contribution in [2.45, 2.75) is 25.8 Å². The van der Waals surface area contributed by atoms with Gasteiger partial charge in [-0.15, -0.1) is 0 Å². The van der Waals surface area contributed by atoms with E-state index in [1.54, 1.807) is 30.3 Å². The van der Waals surface area contributed by atoms with Gasteiger partial charge in [0, 0.05) is 5.56 Å². The average Bonchev–Trinajstić information content (AvgIpc) is 3.07. The number of hydrogen-bond acceptors (Lipinski definition) is 9. The minimum atomic E-state index is -2.55. The third kappa shape index (κ3) is 12.2. The zero-order chi connectivity index (χ0) is 32.9. The molecular weight excluding hydrogens is 604 g/mol.